The summed E-state index contributed by atoms with van der Waals surface area (Å²) in [5.74, 6) is 0.905. The molecule has 0 heterocycles. The van der Waals surface area contributed by atoms with Crippen LogP contribution in [0.1, 0.15) is 11.1 Å². The van der Waals surface area contributed by atoms with Gasteiger partial charge in [-0.1, -0.05) is 11.6 Å². The van der Waals surface area contributed by atoms with Gasteiger partial charge in [0.05, 0.1) is 5.56 Å². The average molecular weight is 287 g/mol. The molecule has 0 bridgehead atoms. The van der Waals surface area contributed by atoms with Crippen LogP contribution in [0.5, 0.6) is 11.5 Å². The molecule has 0 N–H and O–H groups in total. The highest BCUT2D eigenvalue weighted by Gasteiger charge is 2.30. The quantitative estimate of drug-likeness (QED) is 0.712. The summed E-state index contributed by atoms with van der Waals surface area (Å²) in [6.07, 6.45) is -4.34. The van der Waals surface area contributed by atoms with Crippen LogP contribution in [0.4, 0.5) is 13.2 Å². The van der Waals surface area contributed by atoms with Gasteiger partial charge in [0, 0.05) is 5.02 Å². The number of rotatable bonds is 2. The van der Waals surface area contributed by atoms with E-state index in [2.05, 4.69) is 0 Å². The number of hydrogen-bond donors (Lipinski definition) is 0. The lowest BCUT2D eigenvalue weighted by Crippen LogP contribution is -2.05. The molecule has 0 amide bonds. The van der Waals surface area contributed by atoms with E-state index in [4.69, 9.17) is 16.3 Å². The predicted octanol–water partition coefficient (Wildman–Crippen LogP) is 5.46. The summed E-state index contributed by atoms with van der Waals surface area (Å²) in [6, 6.07) is 9.97. The van der Waals surface area contributed by atoms with Crippen molar-refractivity contribution < 1.29 is 17.9 Å². The van der Waals surface area contributed by atoms with Crippen molar-refractivity contribution in [1.29, 1.82) is 0 Å². The minimum atomic E-state index is -4.34. The highest BCUT2D eigenvalue weighted by Crippen LogP contribution is 2.33. The number of ether oxygens (including phenoxy) is 1. The SMILES string of the molecule is Cc1cc(C(F)(F)F)ccc1Oc1ccc(Cl)cc1. The topological polar surface area (TPSA) is 9.23 Å². The minimum absolute atomic E-state index is 0.385. The van der Waals surface area contributed by atoms with Crippen LogP contribution >= 0.6 is 11.6 Å². The van der Waals surface area contributed by atoms with Gasteiger partial charge in [-0.05, 0) is 55.0 Å². The zero-order valence-corrected chi connectivity index (χ0v) is 10.7. The van der Waals surface area contributed by atoms with Crippen molar-refractivity contribution in [1.82, 2.24) is 0 Å². The molecule has 0 fully saturated rings. The number of aryl methyl sites for hydroxylation is 1. The monoisotopic (exact) mass is 286 g/mol. The minimum Gasteiger partial charge on any atom is -0.457 e. The zero-order chi connectivity index (χ0) is 14.0. The fraction of sp³-hybridized carbons (Fsp3) is 0.143. The largest absolute Gasteiger partial charge is 0.457 e. The summed E-state index contributed by atoms with van der Waals surface area (Å²) >= 11 is 5.74. The van der Waals surface area contributed by atoms with Crippen LogP contribution in [0.25, 0.3) is 0 Å². The third-order valence-corrected chi connectivity index (χ3v) is 2.80. The Morgan fingerprint density at radius 1 is 1.00 bits per heavy atom. The Hall–Kier alpha value is -1.68. The summed E-state index contributed by atoms with van der Waals surface area (Å²) in [6.45, 7) is 1.57. The normalized spacial score (nSPS) is 11.4. The highest BCUT2D eigenvalue weighted by atomic mass is 35.5. The summed E-state index contributed by atoms with van der Waals surface area (Å²) in [7, 11) is 0. The molecule has 0 aliphatic heterocycles. The Kier molecular flexibility index (Phi) is 3.71. The van der Waals surface area contributed by atoms with E-state index in [0.717, 1.165) is 12.1 Å². The van der Waals surface area contributed by atoms with Crippen molar-refractivity contribution in [3.63, 3.8) is 0 Å². The van der Waals surface area contributed by atoms with Crippen LogP contribution in [0.2, 0.25) is 5.02 Å². The summed E-state index contributed by atoms with van der Waals surface area (Å²) in [5, 5.41) is 0.566. The van der Waals surface area contributed by atoms with Gasteiger partial charge in [-0.2, -0.15) is 13.2 Å². The molecule has 5 heteroatoms. The van der Waals surface area contributed by atoms with Gasteiger partial charge in [0.25, 0.3) is 0 Å². The first-order valence-corrected chi connectivity index (χ1v) is 5.85. The Bertz CT molecular complexity index is 576. The van der Waals surface area contributed by atoms with E-state index in [9.17, 15) is 13.2 Å². The Balaban J connectivity index is 2.24. The molecule has 0 saturated carbocycles. The van der Waals surface area contributed by atoms with E-state index >= 15 is 0 Å². The first-order chi connectivity index (χ1) is 8.86. The Labute approximate surface area is 113 Å². The smallest absolute Gasteiger partial charge is 0.416 e. The fourth-order valence-electron chi connectivity index (χ4n) is 1.57. The molecule has 1 nitrogen and oxygen atoms in total. The van der Waals surface area contributed by atoms with Crippen LogP contribution < -0.4 is 4.74 Å². The van der Waals surface area contributed by atoms with Gasteiger partial charge in [0.15, 0.2) is 0 Å². The van der Waals surface area contributed by atoms with Crippen LogP contribution in [-0.2, 0) is 6.18 Å². The van der Waals surface area contributed by atoms with Gasteiger partial charge in [-0.3, -0.25) is 0 Å². The lowest BCUT2D eigenvalue weighted by Gasteiger charge is -2.12. The van der Waals surface area contributed by atoms with E-state index in [-0.39, 0.29) is 0 Å². The van der Waals surface area contributed by atoms with Crippen molar-refractivity contribution in [3.8, 4) is 11.5 Å². The van der Waals surface area contributed by atoms with Gasteiger partial charge in [0.1, 0.15) is 11.5 Å². The van der Waals surface area contributed by atoms with Crippen LogP contribution in [-0.4, -0.2) is 0 Å². The molecule has 0 aliphatic carbocycles. The maximum Gasteiger partial charge on any atom is 0.416 e. The van der Waals surface area contributed by atoms with Crippen LogP contribution in [0, 0.1) is 6.92 Å². The molecule has 100 valence electrons. The standard InChI is InChI=1S/C14H10ClF3O/c1-9-8-10(14(16,17)18)2-7-13(9)19-12-5-3-11(15)4-6-12/h2-8H,1H3. The van der Waals surface area contributed by atoms with Crippen molar-refractivity contribution >= 4 is 11.6 Å². The molecule has 0 atom stereocenters. The maximum absolute atomic E-state index is 12.5. The van der Waals surface area contributed by atoms with Gasteiger partial charge in [0.2, 0.25) is 0 Å². The van der Waals surface area contributed by atoms with E-state index in [0.29, 0.717) is 22.1 Å². The fourth-order valence-corrected chi connectivity index (χ4v) is 1.70. The van der Waals surface area contributed by atoms with Crippen molar-refractivity contribution in [3.05, 3.63) is 58.6 Å². The van der Waals surface area contributed by atoms with E-state index in [1.807, 2.05) is 0 Å². The van der Waals surface area contributed by atoms with E-state index in [1.54, 1.807) is 31.2 Å². The molecule has 0 aromatic heterocycles. The van der Waals surface area contributed by atoms with Gasteiger partial charge in [-0.15, -0.1) is 0 Å². The van der Waals surface area contributed by atoms with Gasteiger partial charge in [-0.25, -0.2) is 0 Å². The molecule has 0 saturated heterocycles. The molecule has 0 unspecified atom stereocenters. The lowest BCUT2D eigenvalue weighted by atomic mass is 10.1. The van der Waals surface area contributed by atoms with Crippen LogP contribution in [0.3, 0.4) is 0 Å². The first-order valence-electron chi connectivity index (χ1n) is 5.47. The zero-order valence-electron chi connectivity index (χ0n) is 9.96. The molecule has 2 rings (SSSR count). The average Bonchev–Trinajstić information content (AvgIpc) is 2.33. The summed E-state index contributed by atoms with van der Waals surface area (Å²) in [4.78, 5) is 0. The molecule has 2 aromatic carbocycles. The first kappa shape index (κ1) is 13.7. The molecule has 2 aromatic rings. The number of benzene rings is 2. The molecule has 0 aliphatic rings. The molecular formula is C14H10ClF3O. The lowest BCUT2D eigenvalue weighted by molar-refractivity contribution is -0.137. The second-order valence-electron chi connectivity index (χ2n) is 4.03. The van der Waals surface area contributed by atoms with Crippen molar-refractivity contribution in [2.24, 2.45) is 0 Å². The molecular weight excluding hydrogens is 277 g/mol. The summed E-state index contributed by atoms with van der Waals surface area (Å²) < 4.78 is 43.1. The third kappa shape index (κ3) is 3.41. The molecule has 19 heavy (non-hydrogen) atoms. The van der Waals surface area contributed by atoms with E-state index < -0.39 is 11.7 Å². The summed E-state index contributed by atoms with van der Waals surface area (Å²) in [5.41, 5.74) is -0.266. The number of halogens is 4. The number of hydrogen-bond acceptors (Lipinski definition) is 1. The predicted molar refractivity (Wildman–Crippen MR) is 67.7 cm³/mol. The number of alkyl halides is 3. The Morgan fingerprint density at radius 3 is 2.16 bits per heavy atom. The van der Waals surface area contributed by atoms with E-state index in [1.165, 1.54) is 6.07 Å². The second-order valence-corrected chi connectivity index (χ2v) is 4.47. The van der Waals surface area contributed by atoms with Crippen LogP contribution in [0.15, 0.2) is 42.5 Å². The maximum atomic E-state index is 12.5. The van der Waals surface area contributed by atoms with Crippen molar-refractivity contribution in [2.45, 2.75) is 13.1 Å². The molecule has 0 radical (unpaired) electrons. The molecule has 0 spiro atoms. The Morgan fingerprint density at radius 2 is 1.63 bits per heavy atom. The van der Waals surface area contributed by atoms with Gasteiger partial charge < -0.3 is 4.74 Å². The third-order valence-electron chi connectivity index (χ3n) is 2.54. The second kappa shape index (κ2) is 5.13. The highest BCUT2D eigenvalue weighted by molar-refractivity contribution is 6.30. The van der Waals surface area contributed by atoms with Gasteiger partial charge >= 0.3 is 6.18 Å². The van der Waals surface area contributed by atoms with Crippen molar-refractivity contribution in [2.75, 3.05) is 0 Å².